The number of nitrogens with zero attached hydrogens (tertiary/aromatic N) is 1. The molecule has 0 aromatic heterocycles. The summed E-state index contributed by atoms with van der Waals surface area (Å²) >= 11 is 0. The van der Waals surface area contributed by atoms with E-state index in [0.717, 1.165) is 44.6 Å². The number of carbonyl (C=O) groups is 2. The van der Waals surface area contributed by atoms with E-state index >= 15 is 0 Å². The van der Waals surface area contributed by atoms with Crippen molar-refractivity contribution in [3.63, 3.8) is 0 Å². The Bertz CT molecular complexity index is 391. The van der Waals surface area contributed by atoms with Gasteiger partial charge >= 0.3 is 0 Å². The average Bonchev–Trinajstić information content (AvgIpc) is 2.28. The van der Waals surface area contributed by atoms with Gasteiger partial charge in [-0.2, -0.15) is 0 Å². The molecule has 0 aromatic carbocycles. The molecule has 2 amide bonds. The van der Waals surface area contributed by atoms with Crippen LogP contribution in [0.1, 0.15) is 19.8 Å². The Balaban J connectivity index is 1.76. The lowest BCUT2D eigenvalue weighted by atomic mass is 10.0. The molecule has 0 radical (unpaired) electrons. The van der Waals surface area contributed by atoms with Gasteiger partial charge in [0.25, 0.3) is 0 Å². The second-order valence-electron chi connectivity index (χ2n) is 5.32. The minimum Gasteiger partial charge on any atom is -0.369 e. The summed E-state index contributed by atoms with van der Waals surface area (Å²) < 4.78 is 0. The number of rotatable bonds is 4. The van der Waals surface area contributed by atoms with Crippen LogP contribution in [0.2, 0.25) is 0 Å². The standard InChI is InChI=1S/C13H22N4O2/c1-9(10-6-15-7-10)13(19)16-11-2-4-17(5-3-11)8-12(14)18/h11,15H,2-8H2,1H3,(H2,14,18)(H,16,19). The molecule has 0 spiro atoms. The monoisotopic (exact) mass is 266 g/mol. The lowest BCUT2D eigenvalue weighted by Gasteiger charge is -2.32. The van der Waals surface area contributed by atoms with Crippen LogP contribution in [0.25, 0.3) is 0 Å². The van der Waals surface area contributed by atoms with Gasteiger partial charge in [0.05, 0.1) is 6.54 Å². The van der Waals surface area contributed by atoms with Gasteiger partial charge in [0.1, 0.15) is 0 Å². The highest BCUT2D eigenvalue weighted by atomic mass is 16.2. The van der Waals surface area contributed by atoms with Crippen molar-refractivity contribution in [3.05, 3.63) is 11.1 Å². The number of hydrogen-bond donors (Lipinski definition) is 3. The molecule has 0 aromatic rings. The summed E-state index contributed by atoms with van der Waals surface area (Å²) in [5.41, 5.74) is 7.21. The van der Waals surface area contributed by atoms with Crippen molar-refractivity contribution >= 4 is 11.8 Å². The van der Waals surface area contributed by atoms with E-state index in [4.69, 9.17) is 5.73 Å². The first-order valence-electron chi connectivity index (χ1n) is 6.77. The number of amides is 2. The minimum atomic E-state index is -0.291. The Labute approximate surface area is 113 Å². The van der Waals surface area contributed by atoms with Crippen LogP contribution in [0.3, 0.4) is 0 Å². The van der Waals surface area contributed by atoms with E-state index in [-0.39, 0.29) is 17.9 Å². The summed E-state index contributed by atoms with van der Waals surface area (Å²) in [4.78, 5) is 24.9. The van der Waals surface area contributed by atoms with Gasteiger partial charge < -0.3 is 16.4 Å². The molecule has 19 heavy (non-hydrogen) atoms. The smallest absolute Gasteiger partial charge is 0.247 e. The second-order valence-corrected chi connectivity index (χ2v) is 5.32. The van der Waals surface area contributed by atoms with Gasteiger partial charge in [0.2, 0.25) is 11.8 Å². The van der Waals surface area contributed by atoms with E-state index in [2.05, 4.69) is 10.6 Å². The number of likely N-dealkylation sites (tertiary alicyclic amines) is 1. The predicted molar refractivity (Wildman–Crippen MR) is 72.4 cm³/mol. The topological polar surface area (TPSA) is 87.5 Å². The maximum Gasteiger partial charge on any atom is 0.247 e. The normalized spacial score (nSPS) is 20.8. The lowest BCUT2D eigenvalue weighted by Crippen LogP contribution is -2.47. The molecule has 2 fully saturated rings. The zero-order valence-corrected chi connectivity index (χ0v) is 11.4. The predicted octanol–water partition coefficient (Wildman–Crippen LogP) is -1.03. The maximum atomic E-state index is 12.0. The van der Waals surface area contributed by atoms with Crippen molar-refractivity contribution in [1.82, 2.24) is 15.5 Å². The Morgan fingerprint density at radius 2 is 2.00 bits per heavy atom. The quantitative estimate of drug-likeness (QED) is 0.568. The molecular formula is C13H22N4O2. The van der Waals surface area contributed by atoms with Crippen molar-refractivity contribution in [1.29, 1.82) is 0 Å². The molecule has 0 atom stereocenters. The fourth-order valence-corrected chi connectivity index (χ4v) is 2.43. The molecule has 0 aliphatic carbocycles. The molecule has 6 nitrogen and oxygen atoms in total. The van der Waals surface area contributed by atoms with E-state index < -0.39 is 0 Å². The summed E-state index contributed by atoms with van der Waals surface area (Å²) in [5.74, 6) is -0.245. The van der Waals surface area contributed by atoms with Crippen molar-refractivity contribution in [2.75, 3.05) is 32.7 Å². The van der Waals surface area contributed by atoms with Crippen LogP contribution in [0, 0.1) is 0 Å². The van der Waals surface area contributed by atoms with Gasteiger partial charge in [-0.15, -0.1) is 0 Å². The molecule has 4 N–H and O–H groups in total. The third-order valence-corrected chi connectivity index (χ3v) is 3.85. The highest BCUT2D eigenvalue weighted by Gasteiger charge is 2.23. The van der Waals surface area contributed by atoms with Crippen molar-refractivity contribution < 1.29 is 9.59 Å². The van der Waals surface area contributed by atoms with Gasteiger partial charge in [0.15, 0.2) is 0 Å². The molecule has 2 aliphatic heterocycles. The first-order valence-corrected chi connectivity index (χ1v) is 6.77. The number of hydrogen-bond acceptors (Lipinski definition) is 4. The molecule has 2 aliphatic rings. The van der Waals surface area contributed by atoms with Crippen LogP contribution in [0.15, 0.2) is 11.1 Å². The number of nitrogens with one attached hydrogen (secondary N) is 2. The molecule has 0 bridgehead atoms. The van der Waals surface area contributed by atoms with Crippen LogP contribution in [0.4, 0.5) is 0 Å². The first kappa shape index (κ1) is 14.0. The van der Waals surface area contributed by atoms with E-state index in [1.54, 1.807) is 0 Å². The lowest BCUT2D eigenvalue weighted by molar-refractivity contribution is -0.120. The number of piperidine rings is 1. The van der Waals surface area contributed by atoms with Crippen molar-refractivity contribution in [2.45, 2.75) is 25.8 Å². The number of carbonyl (C=O) groups excluding carboxylic acids is 2. The molecule has 2 rings (SSSR count). The number of nitrogens with two attached hydrogens (primary N) is 1. The van der Waals surface area contributed by atoms with Crippen LogP contribution in [-0.4, -0.2) is 55.5 Å². The summed E-state index contributed by atoms with van der Waals surface area (Å²) in [6, 6.07) is 0.209. The van der Waals surface area contributed by atoms with Crippen molar-refractivity contribution in [2.24, 2.45) is 5.73 Å². The zero-order chi connectivity index (χ0) is 13.8. The Kier molecular flexibility index (Phi) is 4.55. The summed E-state index contributed by atoms with van der Waals surface area (Å²) in [7, 11) is 0. The molecule has 0 saturated carbocycles. The van der Waals surface area contributed by atoms with E-state index in [9.17, 15) is 9.59 Å². The van der Waals surface area contributed by atoms with Gasteiger partial charge in [-0.25, -0.2) is 0 Å². The summed E-state index contributed by atoms with van der Waals surface area (Å²) in [6.45, 7) is 5.48. The zero-order valence-electron chi connectivity index (χ0n) is 11.4. The van der Waals surface area contributed by atoms with E-state index in [0.29, 0.717) is 6.54 Å². The Hall–Kier alpha value is -1.40. The van der Waals surface area contributed by atoms with Crippen LogP contribution >= 0.6 is 0 Å². The van der Waals surface area contributed by atoms with Crippen LogP contribution in [0.5, 0.6) is 0 Å². The molecule has 2 heterocycles. The first-order chi connectivity index (χ1) is 9.06. The average molecular weight is 266 g/mol. The highest BCUT2D eigenvalue weighted by molar-refractivity contribution is 5.94. The van der Waals surface area contributed by atoms with Gasteiger partial charge in [-0.05, 0) is 25.3 Å². The SMILES string of the molecule is CC(C(=O)NC1CCN(CC(N)=O)CC1)=C1CNC1. The number of primary amides is 1. The van der Waals surface area contributed by atoms with Gasteiger partial charge in [0, 0.05) is 37.8 Å². The van der Waals surface area contributed by atoms with Crippen molar-refractivity contribution in [3.8, 4) is 0 Å². The fraction of sp³-hybridized carbons (Fsp3) is 0.692. The maximum absolute atomic E-state index is 12.0. The third kappa shape index (κ3) is 3.78. The molecule has 2 saturated heterocycles. The fourth-order valence-electron chi connectivity index (χ4n) is 2.43. The minimum absolute atomic E-state index is 0.0462. The molecular weight excluding hydrogens is 244 g/mol. The van der Waals surface area contributed by atoms with Gasteiger partial charge in [-0.3, -0.25) is 14.5 Å². The highest BCUT2D eigenvalue weighted by Crippen LogP contribution is 2.13. The van der Waals surface area contributed by atoms with Gasteiger partial charge in [-0.1, -0.05) is 0 Å². The largest absolute Gasteiger partial charge is 0.369 e. The molecule has 0 unspecified atom stereocenters. The second kappa shape index (κ2) is 6.16. The van der Waals surface area contributed by atoms with Crippen LogP contribution in [-0.2, 0) is 9.59 Å². The van der Waals surface area contributed by atoms with E-state index in [1.807, 2.05) is 11.8 Å². The Morgan fingerprint density at radius 3 is 2.47 bits per heavy atom. The summed E-state index contributed by atoms with van der Waals surface area (Å²) in [6.07, 6.45) is 1.75. The Morgan fingerprint density at radius 1 is 1.37 bits per heavy atom. The van der Waals surface area contributed by atoms with Crippen LogP contribution < -0.4 is 16.4 Å². The summed E-state index contributed by atoms with van der Waals surface area (Å²) in [5, 5.41) is 6.21. The van der Waals surface area contributed by atoms with E-state index in [1.165, 1.54) is 5.57 Å². The third-order valence-electron chi connectivity index (χ3n) is 3.85. The molecule has 6 heteroatoms. The molecule has 106 valence electrons.